The van der Waals surface area contributed by atoms with Gasteiger partial charge in [-0.3, -0.25) is 0 Å². The summed E-state index contributed by atoms with van der Waals surface area (Å²) in [5, 5.41) is 3.60. The zero-order valence-electron chi connectivity index (χ0n) is 16.7. The molecule has 0 amide bonds. The second-order valence-corrected chi connectivity index (χ2v) is 7.78. The van der Waals surface area contributed by atoms with Gasteiger partial charge in [0.15, 0.2) is 0 Å². The molecule has 0 aliphatic carbocycles. The summed E-state index contributed by atoms with van der Waals surface area (Å²) in [5.41, 5.74) is 3.85. The first kappa shape index (κ1) is 18.6. The molecule has 1 aromatic heterocycles. The Bertz CT molecular complexity index is 707. The first-order valence-electron chi connectivity index (χ1n) is 9.62. The third-order valence-corrected chi connectivity index (χ3v) is 5.05. The molecule has 1 aliphatic rings. The normalized spacial score (nSPS) is 15.7. The van der Waals surface area contributed by atoms with E-state index in [0.29, 0.717) is 11.8 Å². The molecule has 3 rings (SSSR count). The van der Waals surface area contributed by atoms with E-state index in [9.17, 15) is 0 Å². The molecule has 2 heterocycles. The number of likely N-dealkylation sites (N-methyl/N-ethyl adjacent to an activating group) is 1. The third kappa shape index (κ3) is 4.15. The monoisotopic (exact) mass is 353 g/mol. The molecule has 0 radical (unpaired) electrons. The Labute approximate surface area is 157 Å². The van der Waals surface area contributed by atoms with E-state index in [-0.39, 0.29) is 0 Å². The molecule has 5 nitrogen and oxygen atoms in total. The number of hydrogen-bond acceptors (Lipinski definition) is 5. The molecule has 0 saturated carbocycles. The SMILES string of the molecule is CC(C)c1cccc(C(C)C)c1Nc1ccnc(N2CCN(C)CC2)n1. The summed E-state index contributed by atoms with van der Waals surface area (Å²) in [6.07, 6.45) is 1.86. The predicted octanol–water partition coefficient (Wildman–Crippen LogP) is 4.22. The molecule has 26 heavy (non-hydrogen) atoms. The molecule has 0 unspecified atom stereocenters. The molecule has 2 aromatic rings. The van der Waals surface area contributed by atoms with Gasteiger partial charge in [-0.15, -0.1) is 0 Å². The van der Waals surface area contributed by atoms with E-state index in [1.165, 1.54) is 16.8 Å². The van der Waals surface area contributed by atoms with Crippen molar-refractivity contribution in [1.82, 2.24) is 14.9 Å². The molecule has 140 valence electrons. The zero-order chi connectivity index (χ0) is 18.7. The van der Waals surface area contributed by atoms with Crippen LogP contribution in [0.1, 0.15) is 50.7 Å². The van der Waals surface area contributed by atoms with Crippen molar-refractivity contribution in [2.45, 2.75) is 39.5 Å². The maximum absolute atomic E-state index is 4.80. The lowest BCUT2D eigenvalue weighted by Gasteiger charge is -2.32. The Hall–Kier alpha value is -2.14. The number of rotatable bonds is 5. The van der Waals surface area contributed by atoms with Gasteiger partial charge in [0, 0.05) is 38.1 Å². The number of hydrogen-bond donors (Lipinski definition) is 1. The van der Waals surface area contributed by atoms with Crippen LogP contribution >= 0.6 is 0 Å². The van der Waals surface area contributed by atoms with Gasteiger partial charge >= 0.3 is 0 Å². The van der Waals surface area contributed by atoms with Crippen LogP contribution in [0.5, 0.6) is 0 Å². The lowest BCUT2D eigenvalue weighted by molar-refractivity contribution is 0.311. The molecule has 1 aliphatic heterocycles. The van der Waals surface area contributed by atoms with Crippen LogP contribution in [0.4, 0.5) is 17.5 Å². The fourth-order valence-electron chi connectivity index (χ4n) is 3.40. The maximum atomic E-state index is 4.80. The summed E-state index contributed by atoms with van der Waals surface area (Å²) >= 11 is 0. The van der Waals surface area contributed by atoms with E-state index >= 15 is 0 Å². The van der Waals surface area contributed by atoms with Crippen molar-refractivity contribution >= 4 is 17.5 Å². The van der Waals surface area contributed by atoms with Crippen LogP contribution in [0.3, 0.4) is 0 Å². The number of nitrogens with one attached hydrogen (secondary N) is 1. The van der Waals surface area contributed by atoms with Crippen molar-refractivity contribution < 1.29 is 0 Å². The van der Waals surface area contributed by atoms with Crippen LogP contribution in [0, 0.1) is 0 Å². The van der Waals surface area contributed by atoms with Crippen LogP contribution in [0.15, 0.2) is 30.5 Å². The van der Waals surface area contributed by atoms with Gasteiger partial charge in [0.25, 0.3) is 0 Å². The number of para-hydroxylation sites is 1. The highest BCUT2D eigenvalue weighted by Gasteiger charge is 2.18. The Balaban J connectivity index is 1.89. The molecular weight excluding hydrogens is 322 g/mol. The average molecular weight is 354 g/mol. The second kappa shape index (κ2) is 8.04. The molecule has 0 spiro atoms. The van der Waals surface area contributed by atoms with Crippen LogP contribution in [-0.4, -0.2) is 48.1 Å². The van der Waals surface area contributed by atoms with Gasteiger partial charge in [0.2, 0.25) is 5.95 Å². The van der Waals surface area contributed by atoms with Crippen molar-refractivity contribution in [2.24, 2.45) is 0 Å². The minimum absolute atomic E-state index is 0.454. The number of nitrogens with zero attached hydrogens (tertiary/aromatic N) is 4. The topological polar surface area (TPSA) is 44.3 Å². The quantitative estimate of drug-likeness (QED) is 0.872. The third-order valence-electron chi connectivity index (χ3n) is 5.05. The molecule has 0 atom stereocenters. The zero-order valence-corrected chi connectivity index (χ0v) is 16.7. The standard InChI is InChI=1S/C21H31N5/c1-15(2)17-7-6-8-18(16(3)4)20(17)23-19-9-10-22-21(24-19)26-13-11-25(5)12-14-26/h6-10,15-16H,11-14H2,1-5H3,(H,22,23,24). The van der Waals surface area contributed by atoms with Crippen molar-refractivity contribution in [1.29, 1.82) is 0 Å². The highest BCUT2D eigenvalue weighted by molar-refractivity contribution is 5.67. The number of piperazine rings is 1. The van der Waals surface area contributed by atoms with E-state index in [4.69, 9.17) is 4.98 Å². The van der Waals surface area contributed by atoms with Gasteiger partial charge in [0.05, 0.1) is 0 Å². The highest BCUT2D eigenvalue weighted by atomic mass is 15.3. The number of anilines is 3. The molecule has 1 saturated heterocycles. The van der Waals surface area contributed by atoms with E-state index in [1.807, 2.05) is 12.3 Å². The lowest BCUT2D eigenvalue weighted by atomic mass is 9.92. The molecule has 1 aromatic carbocycles. The minimum Gasteiger partial charge on any atom is -0.340 e. The van der Waals surface area contributed by atoms with Gasteiger partial charge in [-0.1, -0.05) is 45.9 Å². The summed E-state index contributed by atoms with van der Waals surface area (Å²) in [5.74, 6) is 2.59. The Kier molecular flexibility index (Phi) is 5.77. The smallest absolute Gasteiger partial charge is 0.227 e. The first-order valence-corrected chi connectivity index (χ1v) is 9.62. The maximum Gasteiger partial charge on any atom is 0.227 e. The van der Waals surface area contributed by atoms with Crippen LogP contribution in [0.25, 0.3) is 0 Å². The molecule has 5 heteroatoms. The summed E-state index contributed by atoms with van der Waals surface area (Å²) < 4.78 is 0. The second-order valence-electron chi connectivity index (χ2n) is 7.78. The van der Waals surface area contributed by atoms with Gasteiger partial charge in [-0.05, 0) is 36.1 Å². The van der Waals surface area contributed by atoms with E-state index in [0.717, 1.165) is 37.9 Å². The molecule has 1 N–H and O–H groups in total. The highest BCUT2D eigenvalue weighted by Crippen LogP contribution is 2.34. The van der Waals surface area contributed by atoms with E-state index in [2.05, 4.69) is 73.0 Å². The van der Waals surface area contributed by atoms with Crippen LogP contribution in [-0.2, 0) is 0 Å². The lowest BCUT2D eigenvalue weighted by Crippen LogP contribution is -2.45. The summed E-state index contributed by atoms with van der Waals surface area (Å²) in [4.78, 5) is 13.9. The fraction of sp³-hybridized carbons (Fsp3) is 0.524. The molecule has 1 fully saturated rings. The average Bonchev–Trinajstić information content (AvgIpc) is 2.62. The number of aromatic nitrogens is 2. The largest absolute Gasteiger partial charge is 0.340 e. The summed E-state index contributed by atoms with van der Waals surface area (Å²) in [6.45, 7) is 13.0. The van der Waals surface area contributed by atoms with E-state index < -0.39 is 0 Å². The minimum atomic E-state index is 0.454. The van der Waals surface area contributed by atoms with Gasteiger partial charge < -0.3 is 15.1 Å². The molecule has 0 bridgehead atoms. The fourth-order valence-corrected chi connectivity index (χ4v) is 3.40. The summed E-state index contributed by atoms with van der Waals surface area (Å²) in [6, 6.07) is 8.54. The predicted molar refractivity (Wildman–Crippen MR) is 110 cm³/mol. The van der Waals surface area contributed by atoms with E-state index in [1.54, 1.807) is 0 Å². The van der Waals surface area contributed by atoms with Crippen LogP contribution in [0.2, 0.25) is 0 Å². The van der Waals surface area contributed by atoms with Crippen molar-refractivity contribution in [3.05, 3.63) is 41.6 Å². The van der Waals surface area contributed by atoms with Crippen LogP contribution < -0.4 is 10.2 Å². The Morgan fingerprint density at radius 3 is 2.12 bits per heavy atom. The van der Waals surface area contributed by atoms with Gasteiger partial charge in [-0.2, -0.15) is 4.98 Å². The van der Waals surface area contributed by atoms with Crippen molar-refractivity contribution in [2.75, 3.05) is 43.4 Å². The van der Waals surface area contributed by atoms with Gasteiger partial charge in [0.1, 0.15) is 5.82 Å². The van der Waals surface area contributed by atoms with Gasteiger partial charge in [-0.25, -0.2) is 4.98 Å². The number of benzene rings is 1. The first-order chi connectivity index (χ1) is 12.5. The molecular formula is C21H31N5. The van der Waals surface area contributed by atoms with Crippen molar-refractivity contribution in [3.63, 3.8) is 0 Å². The Morgan fingerprint density at radius 2 is 1.54 bits per heavy atom. The van der Waals surface area contributed by atoms with Crippen molar-refractivity contribution in [3.8, 4) is 0 Å². The summed E-state index contributed by atoms with van der Waals surface area (Å²) in [7, 11) is 2.16. The Morgan fingerprint density at radius 1 is 0.923 bits per heavy atom.